The highest BCUT2D eigenvalue weighted by molar-refractivity contribution is 8.04. The van der Waals surface area contributed by atoms with Gasteiger partial charge in [-0.05, 0) is 47.7 Å². The van der Waals surface area contributed by atoms with E-state index in [2.05, 4.69) is 5.32 Å². The summed E-state index contributed by atoms with van der Waals surface area (Å²) in [6.45, 7) is 3.25. The van der Waals surface area contributed by atoms with E-state index in [1.807, 2.05) is 6.92 Å². The van der Waals surface area contributed by atoms with Crippen molar-refractivity contribution >= 4 is 52.1 Å². The van der Waals surface area contributed by atoms with Crippen LogP contribution >= 0.6 is 11.8 Å². The van der Waals surface area contributed by atoms with Crippen molar-refractivity contribution in [3.8, 4) is 0 Å². The molecule has 9 heteroatoms. The lowest BCUT2D eigenvalue weighted by molar-refractivity contribution is -0.384. The van der Waals surface area contributed by atoms with Gasteiger partial charge in [0.2, 0.25) is 5.91 Å². The first-order valence-electron chi connectivity index (χ1n) is 8.71. The molecule has 0 aliphatic carbocycles. The highest BCUT2D eigenvalue weighted by atomic mass is 32.2. The molecule has 148 valence electrons. The van der Waals surface area contributed by atoms with Crippen LogP contribution in [-0.4, -0.2) is 28.4 Å². The van der Waals surface area contributed by atoms with Crippen LogP contribution in [0.5, 0.6) is 0 Å². The third-order valence-corrected chi connectivity index (χ3v) is 5.10. The number of amides is 3. The molecule has 0 bridgehead atoms. The third kappa shape index (κ3) is 4.04. The van der Waals surface area contributed by atoms with E-state index in [4.69, 9.17) is 0 Å². The Bertz CT molecular complexity index is 1030. The predicted octanol–water partition coefficient (Wildman–Crippen LogP) is 3.59. The van der Waals surface area contributed by atoms with E-state index < -0.39 is 16.7 Å². The molecule has 1 heterocycles. The first-order chi connectivity index (χ1) is 13.8. The number of nitrogens with zero attached hydrogens (tertiary/aromatic N) is 2. The number of nitrogens with one attached hydrogen (secondary N) is 1. The van der Waals surface area contributed by atoms with Crippen molar-refractivity contribution in [1.82, 2.24) is 0 Å². The Kier molecular flexibility index (Phi) is 5.79. The highest BCUT2D eigenvalue weighted by Crippen LogP contribution is 2.38. The van der Waals surface area contributed by atoms with Crippen LogP contribution in [0.2, 0.25) is 0 Å². The maximum Gasteiger partial charge on any atom is 0.272 e. The van der Waals surface area contributed by atoms with E-state index in [1.54, 1.807) is 24.3 Å². The number of nitro groups is 1. The lowest BCUT2D eigenvalue weighted by Gasteiger charge is -2.15. The maximum atomic E-state index is 13.1. The van der Waals surface area contributed by atoms with Gasteiger partial charge in [0.25, 0.3) is 17.5 Å². The standard InChI is InChI=1S/C20H17N3O5S/c1-3-29-18-17(13-4-8-16(9-5-13)23(27)28)19(25)22(20(18)26)15-10-6-14(7-11-15)21-12(2)24/h4-11H,3H2,1-2H3,(H,21,24). The number of imide groups is 1. The molecule has 0 aromatic heterocycles. The van der Waals surface area contributed by atoms with Crippen LogP contribution < -0.4 is 10.2 Å². The fourth-order valence-electron chi connectivity index (χ4n) is 2.92. The molecule has 0 atom stereocenters. The molecule has 0 fully saturated rings. The van der Waals surface area contributed by atoms with Crippen LogP contribution in [0.3, 0.4) is 0 Å². The van der Waals surface area contributed by atoms with Crippen molar-refractivity contribution in [2.45, 2.75) is 13.8 Å². The van der Waals surface area contributed by atoms with Crippen LogP contribution in [0.4, 0.5) is 17.1 Å². The van der Waals surface area contributed by atoms with Gasteiger partial charge in [-0.15, -0.1) is 11.8 Å². The Morgan fingerprint density at radius 2 is 1.69 bits per heavy atom. The Balaban J connectivity index is 1.98. The van der Waals surface area contributed by atoms with Gasteiger partial charge in [0, 0.05) is 24.7 Å². The second kappa shape index (κ2) is 8.27. The maximum absolute atomic E-state index is 13.1. The number of hydrogen-bond acceptors (Lipinski definition) is 6. The quantitative estimate of drug-likeness (QED) is 0.442. The minimum absolute atomic E-state index is 0.0961. The molecule has 3 rings (SSSR count). The van der Waals surface area contributed by atoms with Gasteiger partial charge in [-0.25, -0.2) is 4.90 Å². The smallest absolute Gasteiger partial charge is 0.272 e. The zero-order valence-corrected chi connectivity index (χ0v) is 16.5. The summed E-state index contributed by atoms with van der Waals surface area (Å²) in [5, 5.41) is 13.5. The summed E-state index contributed by atoms with van der Waals surface area (Å²) in [6, 6.07) is 11.9. The molecule has 2 aromatic carbocycles. The van der Waals surface area contributed by atoms with Gasteiger partial charge in [-0.2, -0.15) is 0 Å². The summed E-state index contributed by atoms with van der Waals surface area (Å²) < 4.78 is 0. The molecular weight excluding hydrogens is 394 g/mol. The number of hydrogen-bond donors (Lipinski definition) is 1. The molecule has 1 aliphatic rings. The van der Waals surface area contributed by atoms with Crippen LogP contribution in [-0.2, 0) is 14.4 Å². The molecule has 1 aliphatic heterocycles. The van der Waals surface area contributed by atoms with Crippen molar-refractivity contribution in [3.05, 3.63) is 69.1 Å². The summed E-state index contributed by atoms with van der Waals surface area (Å²) in [5.41, 5.74) is 1.50. The SMILES string of the molecule is CCSC1=C(c2ccc([N+](=O)[O-])cc2)C(=O)N(c2ccc(NC(C)=O)cc2)C1=O. The van der Waals surface area contributed by atoms with Crippen molar-refractivity contribution < 1.29 is 19.3 Å². The van der Waals surface area contributed by atoms with E-state index in [0.29, 0.717) is 27.6 Å². The zero-order valence-electron chi connectivity index (χ0n) is 15.7. The normalized spacial score (nSPS) is 13.8. The number of non-ortho nitro benzene ring substituents is 1. The first kappa shape index (κ1) is 20.3. The van der Waals surface area contributed by atoms with Gasteiger partial charge >= 0.3 is 0 Å². The zero-order chi connectivity index (χ0) is 21.1. The number of nitro benzene ring substituents is 1. The second-order valence-corrected chi connectivity index (χ2v) is 7.39. The first-order valence-corrected chi connectivity index (χ1v) is 9.70. The summed E-state index contributed by atoms with van der Waals surface area (Å²) in [5.74, 6) is -0.579. The van der Waals surface area contributed by atoms with Crippen molar-refractivity contribution in [2.75, 3.05) is 16.0 Å². The molecule has 2 aromatic rings. The number of benzene rings is 2. The summed E-state index contributed by atoms with van der Waals surface area (Å²) >= 11 is 1.25. The van der Waals surface area contributed by atoms with Gasteiger partial charge in [0.05, 0.1) is 21.1 Å². The largest absolute Gasteiger partial charge is 0.326 e. The van der Waals surface area contributed by atoms with Crippen molar-refractivity contribution in [2.24, 2.45) is 0 Å². The van der Waals surface area contributed by atoms with Gasteiger partial charge in [-0.1, -0.05) is 6.92 Å². The minimum atomic E-state index is -0.523. The van der Waals surface area contributed by atoms with Crippen LogP contribution in [0.25, 0.3) is 5.57 Å². The van der Waals surface area contributed by atoms with Gasteiger partial charge in [0.15, 0.2) is 0 Å². The van der Waals surface area contributed by atoms with E-state index >= 15 is 0 Å². The lowest BCUT2D eigenvalue weighted by Crippen LogP contribution is -2.31. The van der Waals surface area contributed by atoms with Gasteiger partial charge in [0.1, 0.15) is 0 Å². The fraction of sp³-hybridized carbons (Fsp3) is 0.150. The van der Waals surface area contributed by atoms with E-state index in [0.717, 1.165) is 4.90 Å². The van der Waals surface area contributed by atoms with Crippen LogP contribution in [0.15, 0.2) is 53.4 Å². The van der Waals surface area contributed by atoms with Crippen molar-refractivity contribution in [3.63, 3.8) is 0 Å². The summed E-state index contributed by atoms with van der Waals surface area (Å²) in [4.78, 5) is 49.0. The number of anilines is 2. The Morgan fingerprint density at radius 1 is 1.07 bits per heavy atom. The number of carbonyl (C=O) groups is 3. The molecule has 29 heavy (non-hydrogen) atoms. The van der Waals surface area contributed by atoms with E-state index in [-0.39, 0.29) is 17.2 Å². The van der Waals surface area contributed by atoms with Gasteiger partial charge < -0.3 is 5.32 Å². The minimum Gasteiger partial charge on any atom is -0.326 e. The molecule has 0 unspecified atom stereocenters. The number of thioether (sulfide) groups is 1. The fourth-order valence-corrected chi connectivity index (χ4v) is 3.78. The Hall–Kier alpha value is -3.46. The molecule has 0 spiro atoms. The third-order valence-electron chi connectivity index (χ3n) is 4.14. The summed E-state index contributed by atoms with van der Waals surface area (Å²) in [6.07, 6.45) is 0. The average Bonchev–Trinajstić information content (AvgIpc) is 2.92. The topological polar surface area (TPSA) is 110 Å². The monoisotopic (exact) mass is 411 g/mol. The Labute approximate surface area is 170 Å². The molecular formula is C20H17N3O5S. The highest BCUT2D eigenvalue weighted by Gasteiger charge is 2.40. The van der Waals surface area contributed by atoms with Crippen LogP contribution in [0, 0.1) is 10.1 Å². The molecule has 0 saturated heterocycles. The lowest BCUT2D eigenvalue weighted by atomic mass is 10.1. The number of rotatable bonds is 6. The molecule has 1 N–H and O–H groups in total. The molecule has 3 amide bonds. The van der Waals surface area contributed by atoms with Crippen LogP contribution in [0.1, 0.15) is 19.4 Å². The predicted molar refractivity (Wildman–Crippen MR) is 111 cm³/mol. The number of carbonyl (C=O) groups excluding carboxylic acids is 3. The van der Waals surface area contributed by atoms with E-state index in [9.17, 15) is 24.5 Å². The average molecular weight is 411 g/mol. The summed E-state index contributed by atoms with van der Waals surface area (Å²) in [7, 11) is 0. The van der Waals surface area contributed by atoms with Gasteiger partial charge in [-0.3, -0.25) is 24.5 Å². The second-order valence-electron chi connectivity index (χ2n) is 6.11. The molecule has 0 saturated carbocycles. The van der Waals surface area contributed by atoms with Crippen molar-refractivity contribution in [1.29, 1.82) is 0 Å². The Morgan fingerprint density at radius 3 is 2.21 bits per heavy atom. The molecule has 0 radical (unpaired) electrons. The molecule has 8 nitrogen and oxygen atoms in total. The van der Waals surface area contributed by atoms with E-state index in [1.165, 1.54) is 43.0 Å².